The van der Waals surface area contributed by atoms with Crippen molar-refractivity contribution >= 4 is 44.7 Å². The zero-order chi connectivity index (χ0) is 22.6. The average Bonchev–Trinajstić information content (AvgIpc) is 3.29. The Kier molecular flexibility index (Phi) is 7.39. The number of hydrogen-bond donors (Lipinski definition) is 2. The maximum absolute atomic E-state index is 12.1. The van der Waals surface area contributed by atoms with Crippen molar-refractivity contribution in [3.05, 3.63) is 46.8 Å². The largest absolute Gasteiger partial charge is 0.441 e. The van der Waals surface area contributed by atoms with E-state index in [1.165, 1.54) is 23.1 Å². The lowest BCUT2D eigenvalue weighted by Crippen LogP contribution is -2.25. The minimum absolute atomic E-state index is 0.119. The molecule has 3 aromatic rings. The van der Waals surface area contributed by atoms with Crippen LogP contribution in [0.5, 0.6) is 0 Å². The highest BCUT2D eigenvalue weighted by Gasteiger charge is 2.17. The Bertz CT molecular complexity index is 1170. The summed E-state index contributed by atoms with van der Waals surface area (Å²) in [5.41, 5.74) is 2.64. The first kappa shape index (κ1) is 23.3. The van der Waals surface area contributed by atoms with Gasteiger partial charge >= 0.3 is 0 Å². The number of oxazole rings is 1. The summed E-state index contributed by atoms with van der Waals surface area (Å²) in [5, 5.41) is 4.24. The van der Waals surface area contributed by atoms with E-state index in [4.69, 9.17) is 4.42 Å². The summed E-state index contributed by atoms with van der Waals surface area (Å²) < 4.78 is 33.4. The molecule has 3 rings (SSSR count). The smallest absolute Gasteiger partial charge is 0.235 e. The number of nitrogens with one attached hydrogen (secondary N) is 2. The number of carbonyl (C=O) groups is 1. The van der Waals surface area contributed by atoms with E-state index in [9.17, 15) is 13.2 Å². The van der Waals surface area contributed by atoms with Crippen LogP contribution in [-0.2, 0) is 21.4 Å². The SMILES string of the molecule is Cc1csc(SCC(=O)NCc2nc(-c3cccc(NS(=O)(=O)C(C)C)c3)oc2C)n1. The molecule has 0 aliphatic carbocycles. The molecule has 0 fully saturated rings. The molecule has 31 heavy (non-hydrogen) atoms. The van der Waals surface area contributed by atoms with Crippen LogP contribution in [0.1, 0.15) is 31.0 Å². The number of anilines is 1. The van der Waals surface area contributed by atoms with Gasteiger partial charge in [0.2, 0.25) is 21.8 Å². The Morgan fingerprint density at radius 2 is 2.03 bits per heavy atom. The van der Waals surface area contributed by atoms with E-state index in [2.05, 4.69) is 20.0 Å². The van der Waals surface area contributed by atoms with E-state index in [1.807, 2.05) is 12.3 Å². The van der Waals surface area contributed by atoms with Gasteiger partial charge in [-0.2, -0.15) is 0 Å². The molecular weight excluding hydrogens is 456 g/mol. The lowest BCUT2D eigenvalue weighted by atomic mass is 10.2. The fraction of sp³-hybridized carbons (Fsp3) is 0.350. The van der Waals surface area contributed by atoms with E-state index in [-0.39, 0.29) is 18.2 Å². The summed E-state index contributed by atoms with van der Waals surface area (Å²) in [6, 6.07) is 6.85. The minimum Gasteiger partial charge on any atom is -0.441 e. The van der Waals surface area contributed by atoms with Crippen molar-refractivity contribution in [2.24, 2.45) is 0 Å². The maximum atomic E-state index is 12.1. The van der Waals surface area contributed by atoms with Crippen molar-refractivity contribution in [2.45, 2.75) is 43.8 Å². The van der Waals surface area contributed by atoms with Crippen molar-refractivity contribution in [1.82, 2.24) is 15.3 Å². The molecule has 8 nitrogen and oxygen atoms in total. The highest BCUT2D eigenvalue weighted by atomic mass is 32.2. The molecule has 2 heterocycles. The summed E-state index contributed by atoms with van der Waals surface area (Å²) in [6.07, 6.45) is 0. The molecule has 0 aliphatic rings. The second-order valence-electron chi connectivity index (χ2n) is 7.12. The van der Waals surface area contributed by atoms with Crippen molar-refractivity contribution < 1.29 is 17.6 Å². The number of hydrogen-bond acceptors (Lipinski definition) is 8. The lowest BCUT2D eigenvalue weighted by Gasteiger charge is -2.11. The molecular formula is C20H24N4O4S3. The van der Waals surface area contributed by atoms with Gasteiger partial charge in [0, 0.05) is 22.3 Å². The maximum Gasteiger partial charge on any atom is 0.235 e. The van der Waals surface area contributed by atoms with Crippen LogP contribution < -0.4 is 10.0 Å². The van der Waals surface area contributed by atoms with Gasteiger partial charge in [-0.05, 0) is 45.9 Å². The van der Waals surface area contributed by atoms with Crippen LogP contribution in [0.2, 0.25) is 0 Å². The third-order valence-corrected chi connectivity index (χ3v) is 8.16. The molecule has 2 N–H and O–H groups in total. The summed E-state index contributed by atoms with van der Waals surface area (Å²) >= 11 is 2.91. The molecule has 2 aromatic heterocycles. The van der Waals surface area contributed by atoms with Gasteiger partial charge in [0.15, 0.2) is 4.34 Å². The van der Waals surface area contributed by atoms with Crippen LogP contribution >= 0.6 is 23.1 Å². The van der Waals surface area contributed by atoms with Crippen molar-refractivity contribution in [1.29, 1.82) is 0 Å². The Hall–Kier alpha value is -2.37. The predicted molar refractivity (Wildman–Crippen MR) is 124 cm³/mol. The molecule has 166 valence electrons. The monoisotopic (exact) mass is 480 g/mol. The van der Waals surface area contributed by atoms with E-state index in [0.717, 1.165) is 10.0 Å². The molecule has 0 bridgehead atoms. The standard InChI is InChI=1S/C20H24N4O4S3/c1-12(2)31(26,27)24-16-7-5-6-15(8-16)19-23-17(14(4)28-19)9-21-18(25)11-30-20-22-13(3)10-29-20/h5-8,10,12,24H,9,11H2,1-4H3,(H,21,25). The number of carbonyl (C=O) groups excluding carboxylic acids is 1. The number of thiazole rings is 1. The third kappa shape index (κ3) is 6.31. The Labute approximate surface area is 189 Å². The normalized spacial score (nSPS) is 11.6. The first-order valence-corrected chi connectivity index (χ1v) is 12.9. The zero-order valence-corrected chi connectivity index (χ0v) is 20.1. The molecule has 0 radical (unpaired) electrons. The molecule has 11 heteroatoms. The fourth-order valence-electron chi connectivity index (χ4n) is 2.47. The predicted octanol–water partition coefficient (Wildman–Crippen LogP) is 3.97. The van der Waals surface area contributed by atoms with Gasteiger partial charge in [-0.15, -0.1) is 11.3 Å². The molecule has 0 saturated heterocycles. The van der Waals surface area contributed by atoms with Gasteiger partial charge in [-0.25, -0.2) is 18.4 Å². The van der Waals surface area contributed by atoms with Gasteiger partial charge in [0.25, 0.3) is 0 Å². The van der Waals surface area contributed by atoms with Crippen LogP contribution in [-0.4, -0.2) is 35.3 Å². The zero-order valence-electron chi connectivity index (χ0n) is 17.6. The van der Waals surface area contributed by atoms with Crippen LogP contribution in [0, 0.1) is 13.8 Å². The summed E-state index contributed by atoms with van der Waals surface area (Å²) in [6.45, 7) is 7.16. The first-order chi connectivity index (χ1) is 14.6. The lowest BCUT2D eigenvalue weighted by molar-refractivity contribution is -0.118. The number of amides is 1. The van der Waals surface area contributed by atoms with Crippen molar-refractivity contribution in [2.75, 3.05) is 10.5 Å². The first-order valence-electron chi connectivity index (χ1n) is 9.54. The van der Waals surface area contributed by atoms with Crippen LogP contribution in [0.4, 0.5) is 5.69 Å². The van der Waals surface area contributed by atoms with E-state index < -0.39 is 15.3 Å². The summed E-state index contributed by atoms with van der Waals surface area (Å²) in [4.78, 5) is 20.9. The molecule has 0 atom stereocenters. The van der Waals surface area contributed by atoms with E-state index in [0.29, 0.717) is 28.6 Å². The molecule has 0 unspecified atom stereocenters. The van der Waals surface area contributed by atoms with E-state index in [1.54, 1.807) is 45.0 Å². The number of thioether (sulfide) groups is 1. The molecule has 0 spiro atoms. The molecule has 0 aliphatic heterocycles. The number of nitrogens with zero attached hydrogens (tertiary/aromatic N) is 2. The number of aryl methyl sites for hydroxylation is 2. The highest BCUT2D eigenvalue weighted by molar-refractivity contribution is 8.01. The van der Waals surface area contributed by atoms with Gasteiger partial charge in [-0.1, -0.05) is 17.8 Å². The Morgan fingerprint density at radius 3 is 2.71 bits per heavy atom. The van der Waals surface area contributed by atoms with Gasteiger partial charge in [0.1, 0.15) is 11.5 Å². The highest BCUT2D eigenvalue weighted by Crippen LogP contribution is 2.25. The molecule has 1 amide bonds. The fourth-order valence-corrected chi connectivity index (χ4v) is 4.84. The second kappa shape index (κ2) is 9.84. The second-order valence-corrected chi connectivity index (χ2v) is 11.4. The number of rotatable bonds is 9. The number of benzene rings is 1. The van der Waals surface area contributed by atoms with Gasteiger partial charge in [-0.3, -0.25) is 9.52 Å². The summed E-state index contributed by atoms with van der Waals surface area (Å²) in [7, 11) is -3.45. The molecule has 1 aromatic carbocycles. The minimum atomic E-state index is -3.45. The third-order valence-electron chi connectivity index (χ3n) is 4.26. The Morgan fingerprint density at radius 1 is 1.26 bits per heavy atom. The van der Waals surface area contributed by atoms with E-state index >= 15 is 0 Å². The quantitative estimate of drug-likeness (QED) is 0.445. The van der Waals surface area contributed by atoms with Crippen LogP contribution in [0.15, 0.2) is 38.4 Å². The average molecular weight is 481 g/mol. The van der Waals surface area contributed by atoms with Gasteiger partial charge in [0.05, 0.1) is 17.5 Å². The van der Waals surface area contributed by atoms with Crippen LogP contribution in [0.25, 0.3) is 11.5 Å². The molecule has 0 saturated carbocycles. The van der Waals surface area contributed by atoms with Crippen LogP contribution in [0.3, 0.4) is 0 Å². The topological polar surface area (TPSA) is 114 Å². The van der Waals surface area contributed by atoms with Gasteiger partial charge < -0.3 is 9.73 Å². The number of sulfonamides is 1. The number of aromatic nitrogens is 2. The summed E-state index contributed by atoms with van der Waals surface area (Å²) in [5.74, 6) is 1.10. The Balaban J connectivity index is 1.63. The van der Waals surface area contributed by atoms with Crippen molar-refractivity contribution in [3.8, 4) is 11.5 Å². The van der Waals surface area contributed by atoms with Crippen molar-refractivity contribution in [3.63, 3.8) is 0 Å².